The Balaban J connectivity index is 2.32. The summed E-state index contributed by atoms with van der Waals surface area (Å²) in [6.45, 7) is 0. The van der Waals surface area contributed by atoms with Gasteiger partial charge in [-0.25, -0.2) is 9.97 Å². The van der Waals surface area contributed by atoms with Crippen molar-refractivity contribution in [1.29, 1.82) is 0 Å². The number of pyridine rings is 1. The predicted octanol–water partition coefficient (Wildman–Crippen LogP) is 3.22. The maximum Gasteiger partial charge on any atom is 0.141 e. The van der Waals surface area contributed by atoms with E-state index in [1.54, 1.807) is 17.5 Å². The fraction of sp³-hybridized carbons (Fsp3) is 0. The van der Waals surface area contributed by atoms with Crippen LogP contribution in [-0.4, -0.2) is 14.4 Å². The highest BCUT2D eigenvalue weighted by Crippen LogP contribution is 2.24. The summed E-state index contributed by atoms with van der Waals surface area (Å²) in [7, 11) is 0. The summed E-state index contributed by atoms with van der Waals surface area (Å²) in [6.07, 6.45) is 5.65. The third kappa shape index (κ3) is 1.48. The first-order chi connectivity index (χ1) is 7.34. The van der Waals surface area contributed by atoms with Gasteiger partial charge >= 0.3 is 0 Å². The van der Waals surface area contributed by atoms with Crippen molar-refractivity contribution in [3.63, 3.8) is 0 Å². The maximum absolute atomic E-state index is 4.32. The highest BCUT2D eigenvalue weighted by molar-refractivity contribution is 9.10. The van der Waals surface area contributed by atoms with Crippen molar-refractivity contribution >= 4 is 32.9 Å². The molecular formula is C10H6BrN3S. The topological polar surface area (TPSA) is 30.2 Å². The number of aromatic nitrogens is 3. The Morgan fingerprint density at radius 3 is 3.00 bits per heavy atom. The first-order valence-corrected chi connectivity index (χ1v) is 6.04. The predicted molar refractivity (Wildman–Crippen MR) is 64.0 cm³/mol. The average molecular weight is 280 g/mol. The molecule has 0 N–H and O–H groups in total. The summed E-state index contributed by atoms with van der Waals surface area (Å²) in [4.78, 5) is 8.61. The van der Waals surface area contributed by atoms with Crippen molar-refractivity contribution in [3.05, 3.63) is 40.6 Å². The Morgan fingerprint density at radius 1 is 1.27 bits per heavy atom. The molecule has 0 spiro atoms. The smallest absolute Gasteiger partial charge is 0.141 e. The van der Waals surface area contributed by atoms with Crippen molar-refractivity contribution < 1.29 is 0 Å². The van der Waals surface area contributed by atoms with Gasteiger partial charge in [-0.1, -0.05) is 0 Å². The second kappa shape index (κ2) is 3.43. The molecule has 0 fully saturated rings. The molecule has 0 unspecified atom stereocenters. The zero-order valence-corrected chi connectivity index (χ0v) is 9.99. The Kier molecular flexibility index (Phi) is 2.07. The van der Waals surface area contributed by atoms with Crippen LogP contribution in [0.25, 0.3) is 16.3 Å². The Morgan fingerprint density at radius 2 is 2.20 bits per heavy atom. The van der Waals surface area contributed by atoms with Gasteiger partial charge in [-0.3, -0.25) is 4.40 Å². The molecule has 3 rings (SSSR count). The van der Waals surface area contributed by atoms with E-state index < -0.39 is 0 Å². The first kappa shape index (κ1) is 9.06. The lowest BCUT2D eigenvalue weighted by atomic mass is 10.4. The lowest BCUT2D eigenvalue weighted by molar-refractivity contribution is 1.17. The van der Waals surface area contributed by atoms with E-state index in [0.717, 1.165) is 20.8 Å². The largest absolute Gasteiger partial charge is 0.296 e. The van der Waals surface area contributed by atoms with Gasteiger partial charge in [0.05, 0.1) is 6.20 Å². The lowest BCUT2D eigenvalue weighted by Crippen LogP contribution is -1.86. The summed E-state index contributed by atoms with van der Waals surface area (Å²) in [5.74, 6) is 0. The molecule has 0 radical (unpaired) electrons. The number of hydrogen-bond acceptors (Lipinski definition) is 3. The van der Waals surface area contributed by atoms with E-state index in [4.69, 9.17) is 0 Å². The molecule has 3 aromatic rings. The molecule has 0 saturated carbocycles. The number of halogens is 1. The zero-order chi connectivity index (χ0) is 10.3. The second-order valence-corrected chi connectivity index (χ2v) is 4.87. The van der Waals surface area contributed by atoms with Crippen LogP contribution in [0.5, 0.6) is 0 Å². The number of rotatable bonds is 1. The summed E-state index contributed by atoms with van der Waals surface area (Å²) in [5, 5.41) is 2.95. The number of fused-ring (bicyclic) bond motifs is 1. The van der Waals surface area contributed by atoms with Crippen molar-refractivity contribution in [2.24, 2.45) is 0 Å². The number of nitrogens with zero attached hydrogens (tertiary/aromatic N) is 3. The van der Waals surface area contributed by atoms with E-state index >= 15 is 0 Å². The Hall–Kier alpha value is -1.20. The molecule has 15 heavy (non-hydrogen) atoms. The van der Waals surface area contributed by atoms with E-state index in [0.29, 0.717) is 0 Å². The normalized spacial score (nSPS) is 11.0. The van der Waals surface area contributed by atoms with Crippen LogP contribution in [0.2, 0.25) is 0 Å². The van der Waals surface area contributed by atoms with Gasteiger partial charge in [-0.2, -0.15) is 0 Å². The van der Waals surface area contributed by atoms with E-state index in [9.17, 15) is 0 Å². The highest BCUT2D eigenvalue weighted by Gasteiger charge is 2.07. The number of imidazole rings is 1. The van der Waals surface area contributed by atoms with Crippen LogP contribution in [-0.2, 0) is 0 Å². The lowest BCUT2D eigenvalue weighted by Gasteiger charge is -1.98. The molecule has 0 aromatic carbocycles. The van der Waals surface area contributed by atoms with Gasteiger partial charge in [0.2, 0.25) is 0 Å². The molecule has 3 aromatic heterocycles. The highest BCUT2D eigenvalue weighted by atomic mass is 79.9. The van der Waals surface area contributed by atoms with E-state index in [1.165, 1.54) is 0 Å². The molecule has 0 saturated heterocycles. The van der Waals surface area contributed by atoms with Crippen molar-refractivity contribution in [3.8, 4) is 10.7 Å². The standard InChI is InChI=1S/C10H6BrN3S/c11-7-1-2-9-13-5-8(14(9)6-7)10-12-3-4-15-10/h1-6H. The SMILES string of the molecule is Brc1ccc2ncc(-c3nccs3)n2c1. The molecule has 5 heteroatoms. The molecule has 0 aliphatic carbocycles. The Bertz CT molecular complexity index is 600. The maximum atomic E-state index is 4.32. The average Bonchev–Trinajstić information content (AvgIpc) is 2.83. The van der Waals surface area contributed by atoms with Crippen LogP contribution in [0.4, 0.5) is 0 Å². The fourth-order valence-electron chi connectivity index (χ4n) is 1.46. The van der Waals surface area contributed by atoms with Crippen molar-refractivity contribution in [1.82, 2.24) is 14.4 Å². The molecular weight excluding hydrogens is 274 g/mol. The molecule has 3 nitrogen and oxygen atoms in total. The monoisotopic (exact) mass is 279 g/mol. The van der Waals surface area contributed by atoms with Gasteiger partial charge < -0.3 is 0 Å². The van der Waals surface area contributed by atoms with Gasteiger partial charge in [-0.15, -0.1) is 11.3 Å². The van der Waals surface area contributed by atoms with E-state index in [-0.39, 0.29) is 0 Å². The molecule has 74 valence electrons. The Labute approximate surface area is 98.6 Å². The molecule has 0 bridgehead atoms. The van der Waals surface area contributed by atoms with Crippen LogP contribution < -0.4 is 0 Å². The van der Waals surface area contributed by atoms with Gasteiger partial charge in [0.25, 0.3) is 0 Å². The fourth-order valence-corrected chi connectivity index (χ4v) is 2.44. The minimum atomic E-state index is 0.934. The third-order valence-electron chi connectivity index (χ3n) is 2.12. The van der Waals surface area contributed by atoms with Crippen LogP contribution in [0, 0.1) is 0 Å². The summed E-state index contributed by atoms with van der Waals surface area (Å²) in [6, 6.07) is 3.95. The van der Waals surface area contributed by atoms with Gasteiger partial charge in [0, 0.05) is 22.2 Å². The molecule has 0 aliphatic heterocycles. The summed E-state index contributed by atoms with van der Waals surface area (Å²) >= 11 is 5.06. The van der Waals surface area contributed by atoms with Crippen LogP contribution in [0.3, 0.4) is 0 Å². The van der Waals surface area contributed by atoms with Gasteiger partial charge in [0.1, 0.15) is 16.3 Å². The molecule has 0 aliphatic rings. The zero-order valence-electron chi connectivity index (χ0n) is 7.59. The second-order valence-electron chi connectivity index (χ2n) is 3.06. The first-order valence-electron chi connectivity index (χ1n) is 4.37. The van der Waals surface area contributed by atoms with Crippen LogP contribution in [0.1, 0.15) is 0 Å². The molecule has 3 heterocycles. The number of thiazole rings is 1. The minimum Gasteiger partial charge on any atom is -0.296 e. The van der Waals surface area contributed by atoms with Gasteiger partial charge in [0.15, 0.2) is 0 Å². The van der Waals surface area contributed by atoms with Gasteiger partial charge in [-0.05, 0) is 28.1 Å². The number of hydrogen-bond donors (Lipinski definition) is 0. The van der Waals surface area contributed by atoms with E-state index in [2.05, 4.69) is 25.9 Å². The van der Waals surface area contributed by atoms with Crippen LogP contribution >= 0.6 is 27.3 Å². The van der Waals surface area contributed by atoms with E-state index in [1.807, 2.05) is 34.3 Å². The summed E-state index contributed by atoms with van der Waals surface area (Å²) < 4.78 is 3.06. The van der Waals surface area contributed by atoms with Crippen molar-refractivity contribution in [2.75, 3.05) is 0 Å². The molecule has 0 atom stereocenters. The molecule has 0 amide bonds. The quantitative estimate of drug-likeness (QED) is 0.685. The van der Waals surface area contributed by atoms with Crippen molar-refractivity contribution in [2.45, 2.75) is 0 Å². The third-order valence-corrected chi connectivity index (χ3v) is 3.39. The minimum absolute atomic E-state index is 0.934. The van der Waals surface area contributed by atoms with Crippen LogP contribution in [0.15, 0.2) is 40.6 Å². The summed E-state index contributed by atoms with van der Waals surface area (Å²) in [5.41, 5.74) is 1.96.